The number of para-hydroxylation sites is 1. The second-order valence-corrected chi connectivity index (χ2v) is 8.28. The van der Waals surface area contributed by atoms with E-state index in [-0.39, 0.29) is 29.9 Å². The molecule has 0 radical (unpaired) electrons. The SMILES string of the molecule is CCOC(=O)c1cnc(NCCNS(=O)(=O)C2CC2)nc1Nc1ccccc1. The van der Waals surface area contributed by atoms with Crippen LogP contribution in [0.5, 0.6) is 0 Å². The molecule has 28 heavy (non-hydrogen) atoms. The third kappa shape index (κ3) is 5.40. The maximum absolute atomic E-state index is 12.2. The van der Waals surface area contributed by atoms with E-state index in [2.05, 4.69) is 25.3 Å². The first kappa shape index (κ1) is 20.0. The predicted molar refractivity (Wildman–Crippen MR) is 106 cm³/mol. The topological polar surface area (TPSA) is 122 Å². The molecule has 1 aromatic heterocycles. The van der Waals surface area contributed by atoms with Crippen molar-refractivity contribution in [3.8, 4) is 0 Å². The molecule has 2 aromatic rings. The van der Waals surface area contributed by atoms with E-state index in [1.54, 1.807) is 6.92 Å². The summed E-state index contributed by atoms with van der Waals surface area (Å²) in [4.78, 5) is 20.6. The number of carbonyl (C=O) groups is 1. The lowest BCUT2D eigenvalue weighted by molar-refractivity contribution is 0.0526. The molecule has 1 aliphatic carbocycles. The van der Waals surface area contributed by atoms with Crippen LogP contribution in [0.15, 0.2) is 36.5 Å². The van der Waals surface area contributed by atoms with Gasteiger partial charge >= 0.3 is 5.97 Å². The quantitative estimate of drug-likeness (QED) is 0.405. The Morgan fingerprint density at radius 1 is 1.21 bits per heavy atom. The first-order valence-electron chi connectivity index (χ1n) is 9.08. The number of nitrogens with zero attached hydrogens (tertiary/aromatic N) is 2. The Morgan fingerprint density at radius 2 is 1.96 bits per heavy atom. The van der Waals surface area contributed by atoms with Crippen LogP contribution in [-0.2, 0) is 14.8 Å². The van der Waals surface area contributed by atoms with E-state index >= 15 is 0 Å². The Kier molecular flexibility index (Phi) is 6.42. The van der Waals surface area contributed by atoms with Gasteiger partial charge in [0.05, 0.1) is 11.9 Å². The first-order chi connectivity index (χ1) is 13.5. The highest BCUT2D eigenvalue weighted by Crippen LogP contribution is 2.27. The fraction of sp³-hybridized carbons (Fsp3) is 0.389. The number of aromatic nitrogens is 2. The van der Waals surface area contributed by atoms with E-state index in [1.807, 2.05) is 30.3 Å². The van der Waals surface area contributed by atoms with E-state index in [9.17, 15) is 13.2 Å². The van der Waals surface area contributed by atoms with Crippen molar-refractivity contribution in [3.63, 3.8) is 0 Å². The summed E-state index contributed by atoms with van der Waals surface area (Å²) in [5.74, 6) is 0.0579. The molecule has 3 rings (SSSR count). The molecule has 0 saturated heterocycles. The molecule has 1 heterocycles. The molecule has 0 unspecified atom stereocenters. The maximum Gasteiger partial charge on any atom is 0.343 e. The van der Waals surface area contributed by atoms with Crippen molar-refractivity contribution in [2.45, 2.75) is 25.0 Å². The van der Waals surface area contributed by atoms with Crippen LogP contribution >= 0.6 is 0 Å². The number of esters is 1. The van der Waals surface area contributed by atoms with Crippen molar-refractivity contribution in [1.82, 2.24) is 14.7 Å². The molecule has 0 aliphatic heterocycles. The monoisotopic (exact) mass is 405 g/mol. The fourth-order valence-electron chi connectivity index (χ4n) is 2.44. The minimum atomic E-state index is -3.22. The Morgan fingerprint density at radius 3 is 2.64 bits per heavy atom. The van der Waals surface area contributed by atoms with E-state index < -0.39 is 16.0 Å². The minimum Gasteiger partial charge on any atom is -0.462 e. The minimum absolute atomic E-state index is 0.214. The van der Waals surface area contributed by atoms with Crippen LogP contribution < -0.4 is 15.4 Å². The number of hydrogen-bond acceptors (Lipinski definition) is 8. The molecule has 1 aliphatic rings. The number of benzene rings is 1. The van der Waals surface area contributed by atoms with Gasteiger partial charge < -0.3 is 15.4 Å². The van der Waals surface area contributed by atoms with Crippen LogP contribution in [0.25, 0.3) is 0 Å². The summed E-state index contributed by atoms with van der Waals surface area (Å²) in [7, 11) is -3.22. The molecule has 0 spiro atoms. The Bertz CT molecular complexity index is 917. The summed E-state index contributed by atoms with van der Waals surface area (Å²) >= 11 is 0. The zero-order chi connectivity index (χ0) is 20.0. The summed E-state index contributed by atoms with van der Waals surface area (Å²) in [6.45, 7) is 2.51. The van der Waals surface area contributed by atoms with Crippen molar-refractivity contribution in [1.29, 1.82) is 0 Å². The van der Waals surface area contributed by atoms with E-state index in [1.165, 1.54) is 6.20 Å². The normalized spacial score (nSPS) is 13.8. The summed E-state index contributed by atoms with van der Waals surface area (Å²) in [5, 5.41) is 5.79. The molecule has 10 heteroatoms. The van der Waals surface area contributed by atoms with Gasteiger partial charge in [-0.2, -0.15) is 4.98 Å². The zero-order valence-electron chi connectivity index (χ0n) is 15.5. The number of sulfonamides is 1. The summed E-state index contributed by atoms with van der Waals surface area (Å²) < 4.78 is 31.2. The molecule has 3 N–H and O–H groups in total. The van der Waals surface area contributed by atoms with Gasteiger partial charge in [-0.25, -0.2) is 22.9 Å². The third-order valence-electron chi connectivity index (χ3n) is 4.00. The van der Waals surface area contributed by atoms with Crippen LogP contribution in [0.3, 0.4) is 0 Å². The van der Waals surface area contributed by atoms with Crippen molar-refractivity contribution in [2.75, 3.05) is 30.3 Å². The second kappa shape index (κ2) is 8.98. The van der Waals surface area contributed by atoms with Gasteiger partial charge in [0.1, 0.15) is 5.56 Å². The van der Waals surface area contributed by atoms with Gasteiger partial charge in [-0.1, -0.05) is 18.2 Å². The van der Waals surface area contributed by atoms with Crippen molar-refractivity contribution in [3.05, 3.63) is 42.1 Å². The van der Waals surface area contributed by atoms with Crippen LogP contribution in [0.1, 0.15) is 30.1 Å². The summed E-state index contributed by atoms with van der Waals surface area (Å²) in [5.41, 5.74) is 0.973. The maximum atomic E-state index is 12.2. The van der Waals surface area contributed by atoms with Gasteiger partial charge in [0, 0.05) is 25.0 Å². The fourth-order valence-corrected chi connectivity index (χ4v) is 3.82. The molecule has 1 saturated carbocycles. The van der Waals surface area contributed by atoms with Crippen LogP contribution in [0.4, 0.5) is 17.5 Å². The lowest BCUT2D eigenvalue weighted by atomic mass is 10.2. The Hall–Kier alpha value is -2.72. The molecular weight excluding hydrogens is 382 g/mol. The number of hydrogen-bond donors (Lipinski definition) is 3. The Labute approximate surface area is 164 Å². The van der Waals surface area contributed by atoms with Crippen molar-refractivity contribution >= 4 is 33.4 Å². The van der Waals surface area contributed by atoms with E-state index in [0.29, 0.717) is 12.4 Å². The van der Waals surface area contributed by atoms with Gasteiger partial charge in [0.15, 0.2) is 5.82 Å². The highest BCUT2D eigenvalue weighted by Gasteiger charge is 2.35. The van der Waals surface area contributed by atoms with Crippen LogP contribution in [-0.4, -0.2) is 49.3 Å². The Balaban J connectivity index is 1.67. The van der Waals surface area contributed by atoms with Crippen molar-refractivity contribution < 1.29 is 17.9 Å². The van der Waals surface area contributed by atoms with Gasteiger partial charge in [0.25, 0.3) is 0 Å². The van der Waals surface area contributed by atoms with Gasteiger partial charge in [0.2, 0.25) is 16.0 Å². The lowest BCUT2D eigenvalue weighted by Crippen LogP contribution is -2.31. The number of rotatable bonds is 10. The average Bonchev–Trinajstić information content (AvgIpc) is 3.52. The van der Waals surface area contributed by atoms with E-state index in [4.69, 9.17) is 4.74 Å². The molecule has 150 valence electrons. The molecule has 0 atom stereocenters. The third-order valence-corrected chi connectivity index (χ3v) is 5.95. The van der Waals surface area contributed by atoms with Gasteiger partial charge in [-0.15, -0.1) is 0 Å². The summed E-state index contributed by atoms with van der Waals surface area (Å²) in [6.07, 6.45) is 2.82. The van der Waals surface area contributed by atoms with Crippen LogP contribution in [0, 0.1) is 0 Å². The molecule has 1 fully saturated rings. The number of ether oxygens (including phenoxy) is 1. The molecule has 9 nitrogen and oxygen atoms in total. The summed E-state index contributed by atoms with van der Waals surface area (Å²) in [6, 6.07) is 9.29. The van der Waals surface area contributed by atoms with Gasteiger partial charge in [-0.3, -0.25) is 0 Å². The zero-order valence-corrected chi connectivity index (χ0v) is 16.3. The lowest BCUT2D eigenvalue weighted by Gasteiger charge is -2.12. The van der Waals surface area contributed by atoms with Crippen molar-refractivity contribution in [2.24, 2.45) is 0 Å². The average molecular weight is 405 g/mol. The molecular formula is C18H23N5O4S. The van der Waals surface area contributed by atoms with Gasteiger partial charge in [-0.05, 0) is 31.9 Å². The first-order valence-corrected chi connectivity index (χ1v) is 10.6. The van der Waals surface area contributed by atoms with E-state index in [0.717, 1.165) is 18.5 Å². The number of anilines is 3. The number of nitrogens with one attached hydrogen (secondary N) is 3. The number of carbonyl (C=O) groups excluding carboxylic acids is 1. The molecule has 0 amide bonds. The highest BCUT2D eigenvalue weighted by atomic mass is 32.2. The second-order valence-electron chi connectivity index (χ2n) is 6.23. The molecule has 1 aromatic carbocycles. The smallest absolute Gasteiger partial charge is 0.343 e. The molecule has 0 bridgehead atoms. The highest BCUT2D eigenvalue weighted by molar-refractivity contribution is 7.90. The van der Waals surface area contributed by atoms with Crippen LogP contribution in [0.2, 0.25) is 0 Å². The standard InChI is InChI=1S/C18H23N5O4S/c1-2-27-17(24)15-12-20-18(19-10-11-21-28(25,26)14-8-9-14)23-16(15)22-13-6-4-3-5-7-13/h3-7,12,14,21H,2,8-11H2,1H3,(H2,19,20,22,23). The predicted octanol–water partition coefficient (Wildman–Crippen LogP) is 1.89. The largest absolute Gasteiger partial charge is 0.462 e.